The van der Waals surface area contributed by atoms with Gasteiger partial charge in [0.05, 0.1) is 5.25 Å². The minimum atomic E-state index is -0.340. The first kappa shape index (κ1) is 19.9. The lowest BCUT2D eigenvalue weighted by Crippen LogP contribution is -2.23. The van der Waals surface area contributed by atoms with Crippen LogP contribution < -0.4 is 5.32 Å². The van der Waals surface area contributed by atoms with E-state index in [2.05, 4.69) is 28.2 Å². The molecule has 0 radical (unpaired) electrons. The average Bonchev–Trinajstić information content (AvgIpc) is 3.16. The monoisotopic (exact) mass is 414 g/mol. The third kappa shape index (κ3) is 4.28. The van der Waals surface area contributed by atoms with E-state index in [9.17, 15) is 4.79 Å². The summed E-state index contributed by atoms with van der Waals surface area (Å²) in [7, 11) is 0. The Labute approximate surface area is 179 Å². The highest BCUT2D eigenvalue weighted by atomic mass is 32.2. The second kappa shape index (κ2) is 8.97. The Morgan fingerprint density at radius 2 is 1.80 bits per heavy atom. The van der Waals surface area contributed by atoms with Crippen molar-refractivity contribution in [3.05, 3.63) is 85.5 Å². The summed E-state index contributed by atoms with van der Waals surface area (Å²) in [5.41, 5.74) is 1.76. The van der Waals surface area contributed by atoms with Gasteiger partial charge in [0.2, 0.25) is 5.91 Å². The molecule has 1 amide bonds. The average molecular weight is 415 g/mol. The number of aromatic nitrogens is 3. The van der Waals surface area contributed by atoms with Crippen LogP contribution in [0.4, 0.5) is 5.69 Å². The summed E-state index contributed by atoms with van der Waals surface area (Å²) in [5.74, 6) is 0.685. The first-order valence-corrected chi connectivity index (χ1v) is 10.6. The van der Waals surface area contributed by atoms with Gasteiger partial charge in [-0.05, 0) is 29.8 Å². The van der Waals surface area contributed by atoms with Gasteiger partial charge in [-0.3, -0.25) is 9.36 Å². The smallest absolute Gasteiger partial charge is 0.237 e. The van der Waals surface area contributed by atoms with Crippen LogP contribution in [0.3, 0.4) is 0 Å². The quantitative estimate of drug-likeness (QED) is 0.325. The van der Waals surface area contributed by atoms with Crippen LogP contribution in [0, 0.1) is 0 Å². The van der Waals surface area contributed by atoms with Crippen molar-refractivity contribution in [3.8, 4) is 11.4 Å². The predicted molar refractivity (Wildman–Crippen MR) is 124 cm³/mol. The molecule has 0 bridgehead atoms. The topological polar surface area (TPSA) is 59.8 Å². The molecular formula is C24H22N4OS. The largest absolute Gasteiger partial charge is 0.325 e. The lowest BCUT2D eigenvalue weighted by Gasteiger charge is -2.13. The molecule has 0 fully saturated rings. The zero-order valence-electron chi connectivity index (χ0n) is 16.7. The summed E-state index contributed by atoms with van der Waals surface area (Å²) < 4.78 is 1.98. The van der Waals surface area contributed by atoms with Crippen LogP contribution in [-0.2, 0) is 11.3 Å². The van der Waals surface area contributed by atoms with Gasteiger partial charge in [-0.25, -0.2) is 0 Å². The van der Waals surface area contributed by atoms with E-state index in [4.69, 9.17) is 0 Å². The Kier molecular flexibility index (Phi) is 5.95. The van der Waals surface area contributed by atoms with E-state index in [0.717, 1.165) is 27.8 Å². The number of benzene rings is 3. The van der Waals surface area contributed by atoms with Crippen molar-refractivity contribution in [2.24, 2.45) is 0 Å². The number of nitrogens with zero attached hydrogens (tertiary/aromatic N) is 3. The molecule has 0 aliphatic rings. The van der Waals surface area contributed by atoms with Crippen molar-refractivity contribution in [2.45, 2.75) is 23.9 Å². The number of carbonyl (C=O) groups is 1. The highest BCUT2D eigenvalue weighted by Gasteiger charge is 2.20. The number of thioether (sulfide) groups is 1. The fourth-order valence-corrected chi connectivity index (χ4v) is 4.05. The predicted octanol–water partition coefficient (Wildman–Crippen LogP) is 5.40. The van der Waals surface area contributed by atoms with E-state index >= 15 is 0 Å². The molecule has 1 N–H and O–H groups in total. The third-order valence-corrected chi connectivity index (χ3v) is 5.81. The van der Waals surface area contributed by atoms with Crippen LogP contribution in [0.2, 0.25) is 0 Å². The van der Waals surface area contributed by atoms with Crippen molar-refractivity contribution in [2.75, 3.05) is 5.32 Å². The molecule has 0 unspecified atom stereocenters. The molecule has 1 heterocycles. The van der Waals surface area contributed by atoms with E-state index in [1.165, 1.54) is 11.8 Å². The molecule has 0 aliphatic carbocycles. The fourth-order valence-electron chi connectivity index (χ4n) is 3.19. The molecular weight excluding hydrogens is 392 g/mol. The second-order valence-electron chi connectivity index (χ2n) is 6.88. The number of hydrogen-bond donors (Lipinski definition) is 1. The van der Waals surface area contributed by atoms with Crippen LogP contribution in [0.1, 0.15) is 6.92 Å². The van der Waals surface area contributed by atoms with Gasteiger partial charge >= 0.3 is 0 Å². The first-order valence-electron chi connectivity index (χ1n) is 9.71. The summed E-state index contributed by atoms with van der Waals surface area (Å²) in [6.45, 7) is 6.28. The lowest BCUT2D eigenvalue weighted by molar-refractivity contribution is -0.115. The number of hydrogen-bond acceptors (Lipinski definition) is 4. The maximum atomic E-state index is 12.8. The van der Waals surface area contributed by atoms with Gasteiger partial charge < -0.3 is 5.32 Å². The Morgan fingerprint density at radius 1 is 1.07 bits per heavy atom. The van der Waals surface area contributed by atoms with Crippen molar-refractivity contribution >= 4 is 34.1 Å². The van der Waals surface area contributed by atoms with E-state index in [1.807, 2.05) is 78.2 Å². The lowest BCUT2D eigenvalue weighted by atomic mass is 10.1. The molecule has 0 aliphatic heterocycles. The molecule has 4 rings (SSSR count). The summed E-state index contributed by atoms with van der Waals surface area (Å²) in [5, 5.41) is 14.3. The van der Waals surface area contributed by atoms with Crippen molar-refractivity contribution in [1.82, 2.24) is 14.8 Å². The van der Waals surface area contributed by atoms with E-state index in [0.29, 0.717) is 11.7 Å². The van der Waals surface area contributed by atoms with Gasteiger partial charge in [0.15, 0.2) is 11.0 Å². The van der Waals surface area contributed by atoms with Crippen molar-refractivity contribution in [1.29, 1.82) is 0 Å². The SMILES string of the molecule is C=CCn1c(S[C@@H](C)C(=O)Nc2ccc3ccccc3c2)nnc1-c1ccccc1. The van der Waals surface area contributed by atoms with Crippen LogP contribution in [0.25, 0.3) is 22.2 Å². The highest BCUT2D eigenvalue weighted by Crippen LogP contribution is 2.28. The number of allylic oxidation sites excluding steroid dienone is 1. The summed E-state index contributed by atoms with van der Waals surface area (Å²) in [6, 6.07) is 23.9. The van der Waals surface area contributed by atoms with Crippen LogP contribution in [0.15, 0.2) is 90.6 Å². The Morgan fingerprint density at radius 3 is 2.57 bits per heavy atom. The Balaban J connectivity index is 1.51. The van der Waals surface area contributed by atoms with Gasteiger partial charge in [-0.15, -0.1) is 16.8 Å². The molecule has 6 heteroatoms. The number of fused-ring (bicyclic) bond motifs is 1. The van der Waals surface area contributed by atoms with E-state index in [1.54, 1.807) is 6.08 Å². The maximum Gasteiger partial charge on any atom is 0.237 e. The first-order chi connectivity index (χ1) is 14.7. The highest BCUT2D eigenvalue weighted by molar-refractivity contribution is 8.00. The molecule has 1 atom stereocenters. The molecule has 0 saturated heterocycles. The zero-order chi connectivity index (χ0) is 20.9. The number of anilines is 1. The maximum absolute atomic E-state index is 12.8. The molecule has 0 saturated carbocycles. The molecule has 150 valence electrons. The zero-order valence-corrected chi connectivity index (χ0v) is 17.5. The molecule has 1 aromatic heterocycles. The second-order valence-corrected chi connectivity index (χ2v) is 8.19. The minimum absolute atomic E-state index is 0.0790. The number of nitrogens with one attached hydrogen (secondary N) is 1. The van der Waals surface area contributed by atoms with E-state index < -0.39 is 0 Å². The van der Waals surface area contributed by atoms with Gasteiger partial charge in [-0.1, -0.05) is 78.5 Å². The van der Waals surface area contributed by atoms with E-state index in [-0.39, 0.29) is 11.2 Å². The van der Waals surface area contributed by atoms with Crippen molar-refractivity contribution in [3.63, 3.8) is 0 Å². The minimum Gasteiger partial charge on any atom is -0.325 e. The third-order valence-electron chi connectivity index (χ3n) is 4.73. The molecule has 30 heavy (non-hydrogen) atoms. The molecule has 3 aromatic carbocycles. The van der Waals surface area contributed by atoms with Crippen LogP contribution in [0.5, 0.6) is 0 Å². The molecule has 0 spiro atoms. The number of amides is 1. The summed E-state index contributed by atoms with van der Waals surface area (Å²) >= 11 is 1.39. The fraction of sp³-hybridized carbons (Fsp3) is 0.125. The van der Waals surface area contributed by atoms with Gasteiger partial charge in [0.1, 0.15) is 0 Å². The van der Waals surface area contributed by atoms with Gasteiger partial charge in [0, 0.05) is 17.8 Å². The summed E-state index contributed by atoms with van der Waals surface area (Å²) in [4.78, 5) is 12.8. The van der Waals surface area contributed by atoms with Crippen LogP contribution >= 0.6 is 11.8 Å². The van der Waals surface area contributed by atoms with Gasteiger partial charge in [-0.2, -0.15) is 0 Å². The number of rotatable bonds is 7. The van der Waals surface area contributed by atoms with Crippen molar-refractivity contribution < 1.29 is 4.79 Å². The molecule has 4 aromatic rings. The summed E-state index contributed by atoms with van der Waals surface area (Å²) in [6.07, 6.45) is 1.81. The Bertz CT molecular complexity index is 1190. The number of carbonyl (C=O) groups excluding carboxylic acids is 1. The Hall–Kier alpha value is -3.38. The van der Waals surface area contributed by atoms with Crippen LogP contribution in [-0.4, -0.2) is 25.9 Å². The molecule has 5 nitrogen and oxygen atoms in total. The standard InChI is InChI=1S/C24H22N4OS/c1-3-15-28-22(19-10-5-4-6-11-19)26-27-24(28)30-17(2)23(29)25-21-14-13-18-9-7-8-12-20(18)16-21/h3-14,16-17H,1,15H2,2H3,(H,25,29)/t17-/m0/s1. The normalized spacial score (nSPS) is 11.9. The van der Waals surface area contributed by atoms with Gasteiger partial charge in [0.25, 0.3) is 0 Å².